The Balaban J connectivity index is 1.92. The predicted molar refractivity (Wildman–Crippen MR) is 84.6 cm³/mol. The van der Waals surface area contributed by atoms with Crippen LogP contribution in [0.2, 0.25) is 0 Å². The Kier molecular flexibility index (Phi) is 4.08. The Hall–Kier alpha value is -2.73. The molecule has 120 valence electrons. The van der Waals surface area contributed by atoms with Crippen LogP contribution < -0.4 is 20.3 Å². The van der Waals surface area contributed by atoms with Crippen LogP contribution in [-0.4, -0.2) is 19.3 Å². The summed E-state index contributed by atoms with van der Waals surface area (Å²) in [5.41, 5.74) is 8.01. The standard InChI is InChI=1S/C17H17FN2O3/c1-22-16-6-3-10(7-17(16)23-2)13-9-14(20-19-13)12-8-11(18)4-5-15(12)21/h3-9,13,19-21H,1-2H3. The molecule has 0 spiro atoms. The van der Waals surface area contributed by atoms with Gasteiger partial charge in [0.15, 0.2) is 11.5 Å². The average Bonchev–Trinajstić information content (AvgIpc) is 3.06. The Bertz CT molecular complexity index is 761. The quantitative estimate of drug-likeness (QED) is 0.809. The number of methoxy groups -OCH3 is 2. The number of hydrogen-bond donors (Lipinski definition) is 3. The number of phenols is 1. The zero-order valence-electron chi connectivity index (χ0n) is 12.8. The molecule has 0 saturated heterocycles. The molecule has 6 heteroatoms. The van der Waals surface area contributed by atoms with E-state index in [-0.39, 0.29) is 11.8 Å². The average molecular weight is 316 g/mol. The fraction of sp³-hybridized carbons (Fsp3) is 0.176. The highest BCUT2D eigenvalue weighted by atomic mass is 19.1. The smallest absolute Gasteiger partial charge is 0.161 e. The summed E-state index contributed by atoms with van der Waals surface area (Å²) < 4.78 is 23.9. The van der Waals surface area contributed by atoms with Crippen LogP contribution in [0.1, 0.15) is 17.2 Å². The van der Waals surface area contributed by atoms with E-state index in [1.54, 1.807) is 14.2 Å². The Morgan fingerprint density at radius 3 is 2.57 bits per heavy atom. The van der Waals surface area contributed by atoms with Crippen LogP contribution in [0.3, 0.4) is 0 Å². The zero-order valence-corrected chi connectivity index (χ0v) is 12.8. The van der Waals surface area contributed by atoms with Crippen LogP contribution in [0.25, 0.3) is 5.70 Å². The Morgan fingerprint density at radius 1 is 1.04 bits per heavy atom. The molecular weight excluding hydrogens is 299 g/mol. The minimum absolute atomic E-state index is 0.0138. The fourth-order valence-corrected chi connectivity index (χ4v) is 2.51. The van der Waals surface area contributed by atoms with Crippen molar-refractivity contribution in [3.63, 3.8) is 0 Å². The molecule has 2 aromatic carbocycles. The lowest BCUT2D eigenvalue weighted by Crippen LogP contribution is -2.26. The number of halogens is 1. The third kappa shape index (κ3) is 2.93. The van der Waals surface area contributed by atoms with Crippen LogP contribution in [0, 0.1) is 5.82 Å². The first-order chi connectivity index (χ1) is 11.1. The van der Waals surface area contributed by atoms with Gasteiger partial charge in [-0.3, -0.25) is 0 Å². The van der Waals surface area contributed by atoms with E-state index in [9.17, 15) is 9.50 Å². The first-order valence-corrected chi connectivity index (χ1v) is 7.06. The van der Waals surface area contributed by atoms with Gasteiger partial charge in [-0.25, -0.2) is 9.82 Å². The van der Waals surface area contributed by atoms with E-state index in [1.165, 1.54) is 18.2 Å². The molecule has 1 aliphatic heterocycles. The van der Waals surface area contributed by atoms with Gasteiger partial charge in [0.25, 0.3) is 0 Å². The van der Waals surface area contributed by atoms with Crippen LogP contribution in [0.15, 0.2) is 42.5 Å². The van der Waals surface area contributed by atoms with Crippen molar-refractivity contribution >= 4 is 5.70 Å². The van der Waals surface area contributed by atoms with Crippen molar-refractivity contribution in [1.29, 1.82) is 0 Å². The minimum Gasteiger partial charge on any atom is -0.507 e. The first kappa shape index (κ1) is 15.2. The van der Waals surface area contributed by atoms with Gasteiger partial charge in [-0.15, -0.1) is 0 Å². The lowest BCUT2D eigenvalue weighted by Gasteiger charge is -2.13. The lowest BCUT2D eigenvalue weighted by atomic mass is 10.0. The maximum absolute atomic E-state index is 13.4. The lowest BCUT2D eigenvalue weighted by molar-refractivity contribution is 0.354. The van der Waals surface area contributed by atoms with Crippen LogP contribution in [0.5, 0.6) is 17.2 Å². The number of phenolic OH excluding ortho intramolecular Hbond substituents is 1. The highest BCUT2D eigenvalue weighted by molar-refractivity contribution is 5.71. The van der Waals surface area contributed by atoms with E-state index in [0.717, 1.165) is 5.56 Å². The summed E-state index contributed by atoms with van der Waals surface area (Å²) in [5, 5.41) is 9.89. The summed E-state index contributed by atoms with van der Waals surface area (Å²) in [6.07, 6.45) is 1.87. The topological polar surface area (TPSA) is 62.8 Å². The fourth-order valence-electron chi connectivity index (χ4n) is 2.51. The molecule has 0 bridgehead atoms. The summed E-state index contributed by atoms with van der Waals surface area (Å²) in [4.78, 5) is 0. The van der Waals surface area contributed by atoms with Gasteiger partial charge in [0.05, 0.1) is 26.0 Å². The Morgan fingerprint density at radius 2 is 1.83 bits per heavy atom. The number of benzene rings is 2. The molecule has 1 atom stereocenters. The van der Waals surface area contributed by atoms with Crippen molar-refractivity contribution in [2.45, 2.75) is 6.04 Å². The number of ether oxygens (including phenoxy) is 2. The molecule has 0 fully saturated rings. The number of hydrazine groups is 1. The van der Waals surface area contributed by atoms with Crippen molar-refractivity contribution in [2.24, 2.45) is 0 Å². The highest BCUT2D eigenvalue weighted by Gasteiger charge is 2.21. The van der Waals surface area contributed by atoms with Gasteiger partial charge in [0.1, 0.15) is 11.6 Å². The van der Waals surface area contributed by atoms with E-state index < -0.39 is 5.82 Å². The largest absolute Gasteiger partial charge is 0.507 e. The van der Waals surface area contributed by atoms with Gasteiger partial charge in [-0.05, 0) is 42.0 Å². The minimum atomic E-state index is -0.407. The third-order valence-electron chi connectivity index (χ3n) is 3.71. The molecule has 0 saturated carbocycles. The molecule has 5 nitrogen and oxygen atoms in total. The van der Waals surface area contributed by atoms with Gasteiger partial charge >= 0.3 is 0 Å². The molecule has 1 aliphatic rings. The molecule has 0 radical (unpaired) electrons. The van der Waals surface area contributed by atoms with Crippen molar-refractivity contribution in [2.75, 3.05) is 14.2 Å². The third-order valence-corrected chi connectivity index (χ3v) is 3.71. The van der Waals surface area contributed by atoms with Crippen molar-refractivity contribution in [3.8, 4) is 17.2 Å². The number of hydrogen-bond acceptors (Lipinski definition) is 5. The van der Waals surface area contributed by atoms with Gasteiger partial charge < -0.3 is 20.0 Å². The van der Waals surface area contributed by atoms with Gasteiger partial charge in [0.2, 0.25) is 0 Å². The van der Waals surface area contributed by atoms with Gasteiger partial charge in [-0.2, -0.15) is 0 Å². The van der Waals surface area contributed by atoms with Crippen LogP contribution in [-0.2, 0) is 0 Å². The SMILES string of the molecule is COc1ccc(C2C=C(c3cc(F)ccc3O)NN2)cc1OC. The monoisotopic (exact) mass is 316 g/mol. The summed E-state index contributed by atoms with van der Waals surface area (Å²) in [6.45, 7) is 0. The zero-order chi connectivity index (χ0) is 16.4. The van der Waals surface area contributed by atoms with E-state index >= 15 is 0 Å². The second-order valence-corrected chi connectivity index (χ2v) is 5.10. The summed E-state index contributed by atoms with van der Waals surface area (Å²) in [7, 11) is 3.16. The number of nitrogens with one attached hydrogen (secondary N) is 2. The van der Waals surface area contributed by atoms with Gasteiger partial charge in [0, 0.05) is 5.56 Å². The maximum atomic E-state index is 13.4. The predicted octanol–water partition coefficient (Wildman–Crippen LogP) is 2.74. The number of aromatic hydroxyl groups is 1. The molecule has 23 heavy (non-hydrogen) atoms. The molecule has 0 amide bonds. The molecule has 0 aromatic heterocycles. The molecule has 1 unspecified atom stereocenters. The van der Waals surface area contributed by atoms with E-state index in [0.29, 0.717) is 22.8 Å². The molecule has 0 aliphatic carbocycles. The summed E-state index contributed by atoms with van der Waals surface area (Å²) >= 11 is 0. The Labute approximate surface area is 133 Å². The first-order valence-electron chi connectivity index (χ1n) is 7.06. The molecule has 3 N–H and O–H groups in total. The second-order valence-electron chi connectivity index (χ2n) is 5.10. The van der Waals surface area contributed by atoms with Crippen molar-refractivity contribution in [1.82, 2.24) is 10.9 Å². The van der Waals surface area contributed by atoms with E-state index in [1.807, 2.05) is 24.3 Å². The van der Waals surface area contributed by atoms with Crippen LogP contribution >= 0.6 is 0 Å². The highest BCUT2D eigenvalue weighted by Crippen LogP contribution is 2.33. The van der Waals surface area contributed by atoms with Gasteiger partial charge in [-0.1, -0.05) is 6.07 Å². The van der Waals surface area contributed by atoms with E-state index in [2.05, 4.69) is 10.9 Å². The molecule has 3 rings (SSSR count). The van der Waals surface area contributed by atoms with Crippen molar-refractivity contribution in [3.05, 3.63) is 59.4 Å². The van der Waals surface area contributed by atoms with E-state index in [4.69, 9.17) is 9.47 Å². The molecule has 1 heterocycles. The molecular formula is C17H17FN2O3. The second kappa shape index (κ2) is 6.18. The molecule has 2 aromatic rings. The summed E-state index contributed by atoms with van der Waals surface area (Å²) in [5.74, 6) is 0.881. The summed E-state index contributed by atoms with van der Waals surface area (Å²) in [6, 6.07) is 9.28. The van der Waals surface area contributed by atoms with Crippen LogP contribution in [0.4, 0.5) is 4.39 Å². The van der Waals surface area contributed by atoms with Crippen molar-refractivity contribution < 1.29 is 19.0 Å². The maximum Gasteiger partial charge on any atom is 0.161 e. The number of rotatable bonds is 4. The normalized spacial score (nSPS) is 16.7.